The van der Waals surface area contributed by atoms with Gasteiger partial charge in [0.1, 0.15) is 17.2 Å². The van der Waals surface area contributed by atoms with E-state index in [1.807, 2.05) is 13.8 Å². The van der Waals surface area contributed by atoms with Gasteiger partial charge < -0.3 is 13.8 Å². The Bertz CT molecular complexity index is 1470. The summed E-state index contributed by atoms with van der Waals surface area (Å²) in [6.45, 7) is 10.3. The summed E-state index contributed by atoms with van der Waals surface area (Å²) in [5.74, 6) is -0.463. The highest BCUT2D eigenvalue weighted by Gasteiger charge is 2.48. The molecule has 3 rings (SSSR count). The lowest BCUT2D eigenvalue weighted by molar-refractivity contribution is -0.127. The largest absolute Gasteiger partial charge is 0.534 e. The van der Waals surface area contributed by atoms with E-state index in [1.54, 1.807) is 49.9 Å². The second-order valence-corrected chi connectivity index (χ2v) is 12.1. The van der Waals surface area contributed by atoms with Crippen LogP contribution in [0.3, 0.4) is 0 Å². The van der Waals surface area contributed by atoms with Crippen LogP contribution in [0.4, 0.5) is 23.7 Å². The maximum absolute atomic E-state index is 13.5. The summed E-state index contributed by atoms with van der Waals surface area (Å²) in [5, 5.41) is 2.66. The minimum atomic E-state index is -5.80. The van der Waals surface area contributed by atoms with E-state index >= 15 is 0 Å². The van der Waals surface area contributed by atoms with Crippen molar-refractivity contribution >= 4 is 39.7 Å². The fraction of sp³-hybridized carbons (Fsp3) is 0.414. The van der Waals surface area contributed by atoms with E-state index in [9.17, 15) is 31.2 Å². The summed E-state index contributed by atoms with van der Waals surface area (Å²) < 4.78 is 70.1. The molecule has 2 amide bonds. The number of hydrogen-bond donors (Lipinski definition) is 1. The number of nitrogens with zero attached hydrogens (tertiary/aromatic N) is 2. The van der Waals surface area contributed by atoms with Gasteiger partial charge in [0.15, 0.2) is 0 Å². The van der Waals surface area contributed by atoms with Crippen LogP contribution in [0.25, 0.3) is 17.2 Å². The standard InChI is InChI=1S/C29H34F3N3O6S/c1-6-14-35(15-7-2)26(36)22-16-21-9-8-20(17-24(21)33-25(18-22)34-27(37)40-28(3,4)5)19-10-12-23(13-11-19)41-42(38,39)29(30,31)32/h8-13,16-17H,6-7,14-15,18H2,1-5H3,(H,33,34,37). The first-order chi connectivity index (χ1) is 19.5. The average Bonchev–Trinajstić information content (AvgIpc) is 3.05. The number of halogens is 3. The number of amidine groups is 1. The van der Waals surface area contributed by atoms with Gasteiger partial charge in [-0.2, -0.15) is 21.6 Å². The molecule has 0 aliphatic carbocycles. The number of aliphatic imine (C=N–C) groups is 1. The molecule has 1 aliphatic heterocycles. The Kier molecular flexibility index (Phi) is 10.1. The summed E-state index contributed by atoms with van der Waals surface area (Å²) in [7, 11) is -5.80. The lowest BCUT2D eigenvalue weighted by Crippen LogP contribution is -2.38. The molecule has 0 aromatic heterocycles. The van der Waals surface area contributed by atoms with Gasteiger partial charge >= 0.3 is 21.7 Å². The van der Waals surface area contributed by atoms with Gasteiger partial charge in [-0.15, -0.1) is 0 Å². The van der Waals surface area contributed by atoms with Gasteiger partial charge in [0.2, 0.25) is 5.91 Å². The first kappa shape index (κ1) is 32.6. The number of carbonyl (C=O) groups is 2. The number of amides is 2. The molecule has 42 heavy (non-hydrogen) atoms. The van der Waals surface area contributed by atoms with E-state index in [0.29, 0.717) is 41.0 Å². The van der Waals surface area contributed by atoms with E-state index in [4.69, 9.17) is 4.74 Å². The minimum Gasteiger partial charge on any atom is -0.444 e. The molecule has 228 valence electrons. The van der Waals surface area contributed by atoms with Crippen molar-refractivity contribution in [2.75, 3.05) is 13.1 Å². The molecule has 0 saturated carbocycles. The van der Waals surface area contributed by atoms with Crippen molar-refractivity contribution in [2.45, 2.75) is 65.0 Å². The molecular formula is C29H34F3N3O6S. The Morgan fingerprint density at radius 2 is 1.57 bits per heavy atom. The zero-order chi connectivity index (χ0) is 31.3. The van der Waals surface area contributed by atoms with Crippen LogP contribution in [0.1, 0.15) is 59.4 Å². The maximum atomic E-state index is 13.5. The van der Waals surface area contributed by atoms with Crippen LogP contribution in [0.5, 0.6) is 5.75 Å². The van der Waals surface area contributed by atoms with Crippen molar-refractivity contribution in [3.8, 4) is 16.9 Å². The van der Waals surface area contributed by atoms with Crippen molar-refractivity contribution in [3.63, 3.8) is 0 Å². The molecule has 1 aliphatic rings. The molecule has 0 atom stereocenters. The minimum absolute atomic E-state index is 0.0474. The Morgan fingerprint density at radius 3 is 2.12 bits per heavy atom. The second-order valence-electron chi connectivity index (χ2n) is 10.6. The molecule has 1 heterocycles. The van der Waals surface area contributed by atoms with Crippen LogP contribution in [-0.2, 0) is 19.6 Å². The molecule has 1 N–H and O–H groups in total. The highest BCUT2D eigenvalue weighted by atomic mass is 32.2. The van der Waals surface area contributed by atoms with Gasteiger partial charge in [-0.05, 0) is 69.0 Å². The molecular weight excluding hydrogens is 575 g/mol. The summed E-state index contributed by atoms with van der Waals surface area (Å²) in [5.41, 5.74) is -3.70. The Hall–Kier alpha value is -3.87. The second kappa shape index (κ2) is 13.0. The molecule has 13 heteroatoms. The molecule has 0 bridgehead atoms. The van der Waals surface area contributed by atoms with Gasteiger partial charge in [0.05, 0.1) is 5.69 Å². The monoisotopic (exact) mass is 609 g/mol. The van der Waals surface area contributed by atoms with Crippen molar-refractivity contribution in [1.29, 1.82) is 0 Å². The first-order valence-corrected chi connectivity index (χ1v) is 14.8. The molecule has 2 aromatic rings. The summed E-state index contributed by atoms with van der Waals surface area (Å²) in [6, 6.07) is 10.2. The van der Waals surface area contributed by atoms with Crippen molar-refractivity contribution in [3.05, 3.63) is 53.6 Å². The van der Waals surface area contributed by atoms with Crippen LogP contribution in [0, 0.1) is 0 Å². The number of alkyl halides is 3. The quantitative estimate of drug-likeness (QED) is 0.267. The SMILES string of the molecule is CCCN(CCC)C(=O)C1=Cc2ccc(-c3ccc(OS(=O)(=O)C(F)(F)F)cc3)cc2N=C(NC(=O)OC(C)(C)C)C1. The number of rotatable bonds is 8. The van der Waals surface area contributed by atoms with E-state index in [2.05, 4.69) is 14.5 Å². The van der Waals surface area contributed by atoms with E-state index in [1.165, 1.54) is 12.1 Å². The zero-order valence-corrected chi connectivity index (χ0v) is 24.9. The fourth-order valence-corrected chi connectivity index (χ4v) is 4.57. The van der Waals surface area contributed by atoms with Crippen molar-refractivity contribution < 1.29 is 40.1 Å². The van der Waals surface area contributed by atoms with Crippen molar-refractivity contribution in [1.82, 2.24) is 10.2 Å². The van der Waals surface area contributed by atoms with Crippen LogP contribution < -0.4 is 9.50 Å². The van der Waals surface area contributed by atoms with Crippen LogP contribution >= 0.6 is 0 Å². The number of ether oxygens (including phenoxy) is 1. The first-order valence-electron chi connectivity index (χ1n) is 13.4. The predicted molar refractivity (Wildman–Crippen MR) is 154 cm³/mol. The Morgan fingerprint density at radius 1 is 0.976 bits per heavy atom. The molecule has 9 nitrogen and oxygen atoms in total. The van der Waals surface area contributed by atoms with Gasteiger partial charge in [-0.3, -0.25) is 10.1 Å². The Balaban J connectivity index is 2.00. The average molecular weight is 610 g/mol. The highest BCUT2D eigenvalue weighted by Crippen LogP contribution is 2.34. The number of carbonyl (C=O) groups excluding carboxylic acids is 2. The van der Waals surface area contributed by atoms with E-state index < -0.39 is 33.1 Å². The van der Waals surface area contributed by atoms with E-state index in [-0.39, 0.29) is 18.2 Å². The van der Waals surface area contributed by atoms with E-state index in [0.717, 1.165) is 25.0 Å². The summed E-state index contributed by atoms with van der Waals surface area (Å²) in [6.07, 6.45) is 2.61. The molecule has 0 saturated heterocycles. The highest BCUT2D eigenvalue weighted by molar-refractivity contribution is 7.88. The zero-order valence-electron chi connectivity index (χ0n) is 24.0. The number of hydrogen-bond acceptors (Lipinski definition) is 7. The number of nitrogens with one attached hydrogen (secondary N) is 1. The number of benzene rings is 2. The lowest BCUT2D eigenvalue weighted by Gasteiger charge is -2.23. The van der Waals surface area contributed by atoms with Gasteiger partial charge in [-0.25, -0.2) is 9.79 Å². The van der Waals surface area contributed by atoms with Crippen LogP contribution in [0.15, 0.2) is 53.0 Å². The lowest BCUT2D eigenvalue weighted by atomic mass is 10.0. The molecule has 0 radical (unpaired) electrons. The molecule has 0 unspecified atom stereocenters. The van der Waals surface area contributed by atoms with Crippen LogP contribution in [0.2, 0.25) is 0 Å². The third-order valence-electron chi connectivity index (χ3n) is 5.84. The Labute approximate surface area is 243 Å². The fourth-order valence-electron chi connectivity index (χ4n) is 4.11. The van der Waals surface area contributed by atoms with Gasteiger partial charge in [0.25, 0.3) is 0 Å². The number of fused-ring (bicyclic) bond motifs is 1. The molecule has 0 fully saturated rings. The van der Waals surface area contributed by atoms with Crippen molar-refractivity contribution in [2.24, 2.45) is 4.99 Å². The smallest absolute Gasteiger partial charge is 0.444 e. The van der Waals surface area contributed by atoms with Crippen LogP contribution in [-0.4, -0.2) is 55.4 Å². The number of alkyl carbamates (subject to hydrolysis) is 1. The third kappa shape index (κ3) is 8.57. The van der Waals surface area contributed by atoms with Gasteiger partial charge in [0, 0.05) is 30.6 Å². The third-order valence-corrected chi connectivity index (χ3v) is 6.82. The topological polar surface area (TPSA) is 114 Å². The maximum Gasteiger partial charge on any atom is 0.534 e. The summed E-state index contributed by atoms with van der Waals surface area (Å²) in [4.78, 5) is 32.5. The van der Waals surface area contributed by atoms with Gasteiger partial charge in [-0.1, -0.05) is 38.1 Å². The summed E-state index contributed by atoms with van der Waals surface area (Å²) >= 11 is 0. The normalized spacial score (nSPS) is 13.7. The predicted octanol–water partition coefficient (Wildman–Crippen LogP) is 6.57. The molecule has 2 aromatic carbocycles. The molecule has 0 spiro atoms.